The molecule has 0 aliphatic heterocycles. The van der Waals surface area contributed by atoms with Gasteiger partial charge in [0.15, 0.2) is 5.96 Å². The molecule has 0 saturated carbocycles. The van der Waals surface area contributed by atoms with Crippen molar-refractivity contribution in [1.29, 1.82) is 0 Å². The maximum absolute atomic E-state index is 12.2. The van der Waals surface area contributed by atoms with Gasteiger partial charge in [-0.05, 0) is 60.8 Å². The number of aliphatic imine (C=N–C) groups is 1. The van der Waals surface area contributed by atoms with Gasteiger partial charge < -0.3 is 20.3 Å². The number of ether oxygens (including phenoxy) is 1. The van der Waals surface area contributed by atoms with Gasteiger partial charge in [-0.1, -0.05) is 13.8 Å². The van der Waals surface area contributed by atoms with E-state index in [1.165, 1.54) is 0 Å². The Hall–Kier alpha value is -0.580. The fraction of sp³-hybridized carbons (Fsp3) is 0.905. The lowest BCUT2D eigenvalue weighted by Gasteiger charge is -2.28. The summed E-state index contributed by atoms with van der Waals surface area (Å²) in [6.07, 6.45) is 0.384. The number of hydrogen-bond acceptors (Lipinski definition) is 4. The van der Waals surface area contributed by atoms with Gasteiger partial charge in [-0.25, -0.2) is 4.79 Å². The van der Waals surface area contributed by atoms with E-state index in [9.17, 15) is 9.00 Å². The maximum atomic E-state index is 12.2. The second-order valence-corrected chi connectivity index (χ2v) is 11.9. The zero-order valence-corrected chi connectivity index (χ0v) is 23.8. The molecular formula is C21H45IN4O3S. The van der Waals surface area contributed by atoms with E-state index in [0.717, 1.165) is 25.5 Å². The van der Waals surface area contributed by atoms with E-state index >= 15 is 0 Å². The molecule has 0 aromatic carbocycles. The fourth-order valence-electron chi connectivity index (χ4n) is 2.48. The van der Waals surface area contributed by atoms with E-state index in [-0.39, 0.29) is 46.8 Å². The molecule has 0 aromatic heterocycles. The van der Waals surface area contributed by atoms with Gasteiger partial charge in [0.2, 0.25) is 0 Å². The first kappa shape index (κ1) is 31.6. The fourth-order valence-corrected chi connectivity index (χ4v) is 3.35. The van der Waals surface area contributed by atoms with Crippen LogP contribution in [0.5, 0.6) is 0 Å². The van der Waals surface area contributed by atoms with Crippen molar-refractivity contribution in [2.45, 2.75) is 85.1 Å². The molecule has 0 saturated heterocycles. The van der Waals surface area contributed by atoms with Crippen LogP contribution in [0.1, 0.15) is 68.7 Å². The molecule has 1 amide bonds. The van der Waals surface area contributed by atoms with Gasteiger partial charge in [-0.3, -0.25) is 9.20 Å². The van der Waals surface area contributed by atoms with Crippen LogP contribution in [0.3, 0.4) is 0 Å². The average Bonchev–Trinajstić information content (AvgIpc) is 2.54. The molecule has 9 heteroatoms. The molecule has 2 N–H and O–H groups in total. The van der Waals surface area contributed by atoms with Crippen molar-refractivity contribution in [1.82, 2.24) is 15.5 Å². The molecule has 0 aliphatic rings. The summed E-state index contributed by atoms with van der Waals surface area (Å²) in [5.74, 6) is 1.61. The van der Waals surface area contributed by atoms with Crippen LogP contribution in [0.4, 0.5) is 4.79 Å². The van der Waals surface area contributed by atoms with Crippen molar-refractivity contribution in [2.75, 3.05) is 32.4 Å². The topological polar surface area (TPSA) is 83.0 Å². The highest BCUT2D eigenvalue weighted by atomic mass is 127. The summed E-state index contributed by atoms with van der Waals surface area (Å²) in [6, 6.07) is 0.00331. The van der Waals surface area contributed by atoms with Crippen LogP contribution < -0.4 is 10.6 Å². The molecule has 0 heterocycles. The van der Waals surface area contributed by atoms with Crippen LogP contribution in [0, 0.1) is 5.92 Å². The van der Waals surface area contributed by atoms with Crippen LogP contribution in [0.15, 0.2) is 4.99 Å². The van der Waals surface area contributed by atoms with Crippen molar-refractivity contribution in [3.8, 4) is 0 Å². The van der Waals surface area contributed by atoms with Crippen molar-refractivity contribution >= 4 is 46.8 Å². The molecule has 30 heavy (non-hydrogen) atoms. The number of amides is 1. The first-order valence-electron chi connectivity index (χ1n) is 10.5. The number of rotatable bonds is 9. The largest absolute Gasteiger partial charge is 0.444 e. The molecule has 0 aromatic rings. The number of hydrogen-bond donors (Lipinski definition) is 2. The number of halogens is 1. The third-order valence-corrected chi connectivity index (χ3v) is 6.12. The van der Waals surface area contributed by atoms with E-state index in [1.807, 2.05) is 55.5 Å². The summed E-state index contributed by atoms with van der Waals surface area (Å²) in [4.78, 5) is 18.8. The number of carbonyl (C=O) groups excluding carboxylic acids is 1. The van der Waals surface area contributed by atoms with E-state index in [4.69, 9.17) is 4.74 Å². The van der Waals surface area contributed by atoms with E-state index in [1.54, 1.807) is 0 Å². The van der Waals surface area contributed by atoms with E-state index < -0.39 is 16.4 Å². The summed E-state index contributed by atoms with van der Waals surface area (Å²) in [6.45, 7) is 19.7. The van der Waals surface area contributed by atoms with Crippen LogP contribution in [-0.4, -0.2) is 70.0 Å². The van der Waals surface area contributed by atoms with Crippen molar-refractivity contribution < 1.29 is 13.7 Å². The van der Waals surface area contributed by atoms with Crippen LogP contribution in [0.2, 0.25) is 0 Å². The third-order valence-electron chi connectivity index (χ3n) is 4.20. The average molecular weight is 561 g/mol. The van der Waals surface area contributed by atoms with Gasteiger partial charge in [0, 0.05) is 47.5 Å². The number of alkyl carbamates (subject to hydrolysis) is 1. The molecule has 2 atom stereocenters. The van der Waals surface area contributed by atoms with Crippen molar-refractivity contribution in [3.05, 3.63) is 0 Å². The second-order valence-electron chi connectivity index (χ2n) is 9.60. The highest BCUT2D eigenvalue weighted by molar-refractivity contribution is 14.0. The standard InChI is InChI=1S/C21H44N4O3S.HI/c1-11-22-18(23-13-15-29(27)21(7,8)9)25(10)14-12-17(16(2)3)24-19(26)28-20(4,5)6;/h16-17H,11-15H2,1-10H3,(H,22,23)(H,24,26);1H. The summed E-state index contributed by atoms with van der Waals surface area (Å²) < 4.78 is 17.4. The van der Waals surface area contributed by atoms with Crippen LogP contribution in [0.25, 0.3) is 0 Å². The number of nitrogens with zero attached hydrogens (tertiary/aromatic N) is 2. The minimum atomic E-state index is -0.918. The quantitative estimate of drug-likeness (QED) is 0.253. The first-order valence-corrected chi connectivity index (χ1v) is 11.9. The molecular weight excluding hydrogens is 515 g/mol. The van der Waals surface area contributed by atoms with E-state index in [0.29, 0.717) is 12.3 Å². The first-order chi connectivity index (χ1) is 13.2. The van der Waals surface area contributed by atoms with Crippen molar-refractivity contribution in [3.63, 3.8) is 0 Å². The minimum Gasteiger partial charge on any atom is -0.444 e. The smallest absolute Gasteiger partial charge is 0.407 e. The molecule has 0 spiro atoms. The normalized spacial score (nSPS) is 14.6. The molecule has 0 fully saturated rings. The molecule has 0 radical (unpaired) electrons. The molecule has 0 bridgehead atoms. The Morgan fingerprint density at radius 3 is 2.17 bits per heavy atom. The van der Waals surface area contributed by atoms with Crippen LogP contribution >= 0.6 is 24.0 Å². The van der Waals surface area contributed by atoms with Gasteiger partial charge >= 0.3 is 6.09 Å². The lowest BCUT2D eigenvalue weighted by atomic mass is 10.0. The zero-order chi connectivity index (χ0) is 22.8. The Kier molecular flexibility index (Phi) is 15.3. The van der Waals surface area contributed by atoms with Gasteiger partial charge in [0.1, 0.15) is 5.60 Å². The molecule has 2 unspecified atom stereocenters. The van der Waals surface area contributed by atoms with Crippen LogP contribution in [-0.2, 0) is 15.5 Å². The SMILES string of the molecule is CCNC(=NCCS(=O)C(C)(C)C)N(C)CCC(NC(=O)OC(C)(C)C)C(C)C.I. The third kappa shape index (κ3) is 14.4. The predicted molar refractivity (Wildman–Crippen MR) is 139 cm³/mol. The van der Waals surface area contributed by atoms with Gasteiger partial charge in [-0.15, -0.1) is 24.0 Å². The predicted octanol–water partition coefficient (Wildman–Crippen LogP) is 3.99. The molecule has 180 valence electrons. The Morgan fingerprint density at radius 1 is 1.17 bits per heavy atom. The van der Waals surface area contributed by atoms with Gasteiger partial charge in [0.05, 0.1) is 6.54 Å². The van der Waals surface area contributed by atoms with E-state index in [2.05, 4.69) is 34.4 Å². The maximum Gasteiger partial charge on any atom is 0.407 e. The highest BCUT2D eigenvalue weighted by Gasteiger charge is 2.22. The Labute approximate surface area is 204 Å². The van der Waals surface area contributed by atoms with Gasteiger partial charge in [-0.2, -0.15) is 0 Å². The summed E-state index contributed by atoms with van der Waals surface area (Å²) in [5.41, 5.74) is -0.513. The molecule has 0 rings (SSSR count). The second kappa shape index (κ2) is 14.5. The summed E-state index contributed by atoms with van der Waals surface area (Å²) in [5, 5.41) is 6.27. The summed E-state index contributed by atoms with van der Waals surface area (Å²) in [7, 11) is 1.06. The Morgan fingerprint density at radius 2 is 1.73 bits per heavy atom. The Bertz CT molecular complexity index is 557. The highest BCUT2D eigenvalue weighted by Crippen LogP contribution is 2.12. The number of guanidine groups is 1. The number of nitrogens with one attached hydrogen (secondary N) is 2. The monoisotopic (exact) mass is 560 g/mol. The lowest BCUT2D eigenvalue weighted by Crippen LogP contribution is -2.45. The Balaban J connectivity index is 0. The lowest BCUT2D eigenvalue weighted by molar-refractivity contribution is 0.0486. The van der Waals surface area contributed by atoms with Gasteiger partial charge in [0.25, 0.3) is 0 Å². The number of carbonyl (C=O) groups is 1. The molecule has 0 aliphatic carbocycles. The zero-order valence-electron chi connectivity index (χ0n) is 20.6. The molecule has 7 nitrogen and oxygen atoms in total. The minimum absolute atomic E-state index is 0. The summed E-state index contributed by atoms with van der Waals surface area (Å²) >= 11 is 0. The van der Waals surface area contributed by atoms with Crippen molar-refractivity contribution in [2.24, 2.45) is 10.9 Å².